The van der Waals surface area contributed by atoms with E-state index >= 15 is 0 Å². The normalized spacial score (nSPS) is 12.4. The van der Waals surface area contributed by atoms with Gasteiger partial charge in [-0.1, -0.05) is 11.6 Å². The van der Waals surface area contributed by atoms with Gasteiger partial charge in [-0.25, -0.2) is 4.39 Å². The standard InChI is InChI=1S/C13H18ClFN2O/c1-12(2,13(3,4)16)11(18)17-10-7-8(15)5-6-9(10)14/h5-7H,16H2,1-4H3,(H,17,18). The van der Waals surface area contributed by atoms with E-state index in [0.29, 0.717) is 0 Å². The maximum Gasteiger partial charge on any atom is 0.231 e. The maximum absolute atomic E-state index is 13.1. The minimum absolute atomic E-state index is 0.249. The van der Waals surface area contributed by atoms with Crippen LogP contribution in [0.25, 0.3) is 0 Å². The lowest BCUT2D eigenvalue weighted by Gasteiger charge is -2.36. The molecule has 0 heterocycles. The molecule has 100 valence electrons. The van der Waals surface area contributed by atoms with Crippen molar-refractivity contribution in [2.24, 2.45) is 11.1 Å². The monoisotopic (exact) mass is 272 g/mol. The van der Waals surface area contributed by atoms with Crippen LogP contribution in [-0.4, -0.2) is 11.4 Å². The number of nitrogens with one attached hydrogen (secondary N) is 1. The average Bonchev–Trinajstić information content (AvgIpc) is 2.21. The summed E-state index contributed by atoms with van der Waals surface area (Å²) in [6, 6.07) is 3.81. The zero-order valence-corrected chi connectivity index (χ0v) is 11.7. The molecular weight excluding hydrogens is 255 g/mol. The molecule has 0 aliphatic heterocycles. The first kappa shape index (κ1) is 14.9. The van der Waals surface area contributed by atoms with Crippen molar-refractivity contribution in [3.05, 3.63) is 29.0 Å². The molecule has 0 radical (unpaired) electrons. The number of carbonyl (C=O) groups excluding carboxylic acids is 1. The third-order valence-electron chi connectivity index (χ3n) is 3.36. The van der Waals surface area contributed by atoms with E-state index in [1.54, 1.807) is 27.7 Å². The summed E-state index contributed by atoms with van der Waals surface area (Å²) in [7, 11) is 0. The molecule has 1 aromatic rings. The van der Waals surface area contributed by atoms with Crippen molar-refractivity contribution in [1.29, 1.82) is 0 Å². The molecule has 3 N–H and O–H groups in total. The fourth-order valence-electron chi connectivity index (χ4n) is 1.16. The van der Waals surface area contributed by atoms with Crippen LogP contribution in [0.2, 0.25) is 5.02 Å². The van der Waals surface area contributed by atoms with E-state index in [1.165, 1.54) is 18.2 Å². The molecule has 18 heavy (non-hydrogen) atoms. The predicted octanol–water partition coefficient (Wildman–Crippen LogP) is 3.18. The average molecular weight is 273 g/mol. The summed E-state index contributed by atoms with van der Waals surface area (Å²) >= 11 is 5.89. The Morgan fingerprint density at radius 2 is 1.89 bits per heavy atom. The molecule has 0 saturated heterocycles. The van der Waals surface area contributed by atoms with Gasteiger partial charge in [-0.15, -0.1) is 0 Å². The fraction of sp³-hybridized carbons (Fsp3) is 0.462. The summed E-state index contributed by atoms with van der Waals surface area (Å²) in [4.78, 5) is 12.2. The van der Waals surface area contributed by atoms with Gasteiger partial charge < -0.3 is 11.1 Å². The second-order valence-corrected chi connectivity index (χ2v) is 5.83. The molecule has 1 amide bonds. The first-order valence-corrected chi connectivity index (χ1v) is 5.99. The Bertz CT molecular complexity index is 467. The number of hydrogen-bond acceptors (Lipinski definition) is 2. The highest BCUT2D eigenvalue weighted by molar-refractivity contribution is 6.33. The van der Waals surface area contributed by atoms with E-state index in [1.807, 2.05) is 0 Å². The number of nitrogens with two attached hydrogens (primary N) is 1. The van der Waals surface area contributed by atoms with Gasteiger partial charge in [0.05, 0.1) is 16.1 Å². The summed E-state index contributed by atoms with van der Waals surface area (Å²) in [6.45, 7) is 6.99. The fourth-order valence-corrected chi connectivity index (χ4v) is 1.33. The van der Waals surface area contributed by atoms with Crippen molar-refractivity contribution in [3.8, 4) is 0 Å². The predicted molar refractivity (Wildman–Crippen MR) is 72.1 cm³/mol. The van der Waals surface area contributed by atoms with Crippen molar-refractivity contribution in [2.45, 2.75) is 33.2 Å². The second-order valence-electron chi connectivity index (χ2n) is 5.42. The van der Waals surface area contributed by atoms with E-state index in [9.17, 15) is 9.18 Å². The van der Waals surface area contributed by atoms with Gasteiger partial charge in [0.15, 0.2) is 0 Å². The van der Waals surface area contributed by atoms with Crippen LogP contribution in [0.3, 0.4) is 0 Å². The van der Waals surface area contributed by atoms with Crippen LogP contribution in [0, 0.1) is 11.2 Å². The van der Waals surface area contributed by atoms with E-state index < -0.39 is 16.8 Å². The number of carbonyl (C=O) groups is 1. The Balaban J connectivity index is 2.98. The Kier molecular flexibility index (Phi) is 4.03. The summed E-state index contributed by atoms with van der Waals surface area (Å²) in [5.41, 5.74) is 4.69. The first-order chi connectivity index (χ1) is 8.05. The lowest BCUT2D eigenvalue weighted by molar-refractivity contribution is -0.126. The lowest BCUT2D eigenvalue weighted by Crippen LogP contribution is -2.53. The highest BCUT2D eigenvalue weighted by atomic mass is 35.5. The molecule has 1 rings (SSSR count). The molecule has 0 fully saturated rings. The van der Waals surface area contributed by atoms with Gasteiger partial charge in [0.1, 0.15) is 5.82 Å². The third kappa shape index (κ3) is 3.00. The number of halogens is 2. The zero-order chi connectivity index (χ0) is 14.1. The number of rotatable bonds is 3. The minimum Gasteiger partial charge on any atom is -0.325 e. The van der Waals surface area contributed by atoms with Crippen molar-refractivity contribution in [2.75, 3.05) is 5.32 Å². The molecule has 0 aliphatic rings. The molecule has 3 nitrogen and oxygen atoms in total. The van der Waals surface area contributed by atoms with E-state index in [-0.39, 0.29) is 16.6 Å². The van der Waals surface area contributed by atoms with E-state index in [2.05, 4.69) is 5.32 Å². The second kappa shape index (κ2) is 4.86. The minimum atomic E-state index is -0.817. The zero-order valence-electron chi connectivity index (χ0n) is 11.0. The van der Waals surface area contributed by atoms with E-state index in [4.69, 9.17) is 17.3 Å². The lowest BCUT2D eigenvalue weighted by atomic mass is 9.74. The molecular formula is C13H18ClFN2O. The van der Waals surface area contributed by atoms with Crippen LogP contribution in [0.1, 0.15) is 27.7 Å². The quantitative estimate of drug-likeness (QED) is 0.888. The highest BCUT2D eigenvalue weighted by Gasteiger charge is 2.40. The van der Waals surface area contributed by atoms with Crippen LogP contribution in [0.5, 0.6) is 0 Å². The number of amides is 1. The van der Waals surface area contributed by atoms with Crippen LogP contribution in [0.4, 0.5) is 10.1 Å². The van der Waals surface area contributed by atoms with Gasteiger partial charge in [-0.05, 0) is 45.9 Å². The molecule has 0 aromatic heterocycles. The van der Waals surface area contributed by atoms with Gasteiger partial charge in [-0.3, -0.25) is 4.79 Å². The maximum atomic E-state index is 13.1. The Morgan fingerprint density at radius 1 is 1.33 bits per heavy atom. The van der Waals surface area contributed by atoms with Crippen LogP contribution < -0.4 is 11.1 Å². The van der Waals surface area contributed by atoms with Crippen LogP contribution >= 0.6 is 11.6 Å². The molecule has 0 unspecified atom stereocenters. The van der Waals surface area contributed by atoms with Crippen molar-refractivity contribution >= 4 is 23.2 Å². The molecule has 0 spiro atoms. The number of anilines is 1. The highest BCUT2D eigenvalue weighted by Crippen LogP contribution is 2.31. The molecule has 0 bridgehead atoms. The molecule has 0 saturated carbocycles. The van der Waals surface area contributed by atoms with Gasteiger partial charge in [0.25, 0.3) is 0 Å². The van der Waals surface area contributed by atoms with Crippen molar-refractivity contribution in [3.63, 3.8) is 0 Å². The van der Waals surface area contributed by atoms with Gasteiger partial charge in [0.2, 0.25) is 5.91 Å². The Hall–Kier alpha value is -1.13. The van der Waals surface area contributed by atoms with Crippen LogP contribution in [0.15, 0.2) is 18.2 Å². The molecule has 0 atom stereocenters. The topological polar surface area (TPSA) is 55.1 Å². The Morgan fingerprint density at radius 3 is 2.39 bits per heavy atom. The largest absolute Gasteiger partial charge is 0.325 e. The summed E-state index contributed by atoms with van der Waals surface area (Å²) < 4.78 is 13.1. The van der Waals surface area contributed by atoms with Gasteiger partial charge >= 0.3 is 0 Å². The van der Waals surface area contributed by atoms with Gasteiger partial charge in [0, 0.05) is 5.54 Å². The van der Waals surface area contributed by atoms with Crippen molar-refractivity contribution in [1.82, 2.24) is 0 Å². The first-order valence-electron chi connectivity index (χ1n) is 5.61. The number of hydrogen-bond donors (Lipinski definition) is 2. The molecule has 5 heteroatoms. The Labute approximate surface area is 112 Å². The summed E-state index contributed by atoms with van der Waals surface area (Å²) in [5, 5.41) is 2.89. The molecule has 1 aromatic carbocycles. The van der Waals surface area contributed by atoms with Crippen molar-refractivity contribution < 1.29 is 9.18 Å². The SMILES string of the molecule is CC(C)(N)C(C)(C)C(=O)Nc1cc(F)ccc1Cl. The van der Waals surface area contributed by atoms with Gasteiger partial charge in [-0.2, -0.15) is 0 Å². The van der Waals surface area contributed by atoms with Crippen LogP contribution in [-0.2, 0) is 4.79 Å². The smallest absolute Gasteiger partial charge is 0.231 e. The summed E-state index contributed by atoms with van der Waals surface area (Å²) in [6.07, 6.45) is 0. The number of benzene rings is 1. The third-order valence-corrected chi connectivity index (χ3v) is 3.68. The summed E-state index contributed by atoms with van der Waals surface area (Å²) in [5.74, 6) is -0.762. The van der Waals surface area contributed by atoms with E-state index in [0.717, 1.165) is 0 Å². The molecule has 0 aliphatic carbocycles.